The highest BCUT2D eigenvalue weighted by atomic mass is 35.5. The quantitative estimate of drug-likeness (QED) is 0.869. The van der Waals surface area contributed by atoms with Gasteiger partial charge < -0.3 is 10.6 Å². The lowest BCUT2D eigenvalue weighted by atomic mass is 10.1. The first-order chi connectivity index (χ1) is 9.94. The Morgan fingerprint density at radius 3 is 2.76 bits per heavy atom. The van der Waals surface area contributed by atoms with E-state index in [1.54, 1.807) is 0 Å². The maximum Gasteiger partial charge on any atom is 0.315 e. The number of rotatable bonds is 2. The molecule has 7 heteroatoms. The second-order valence-corrected chi connectivity index (χ2v) is 8.25. The molecule has 1 aliphatic heterocycles. The average molecular weight is 329 g/mol. The molecule has 5 nitrogen and oxygen atoms in total. The van der Waals surface area contributed by atoms with E-state index < -0.39 is 9.84 Å². The second kappa shape index (κ2) is 5.50. The van der Waals surface area contributed by atoms with E-state index in [-0.39, 0.29) is 29.6 Å². The van der Waals surface area contributed by atoms with Crippen molar-refractivity contribution < 1.29 is 13.2 Å². The predicted molar refractivity (Wildman–Crippen MR) is 81.2 cm³/mol. The summed E-state index contributed by atoms with van der Waals surface area (Å²) in [6, 6.07) is 5.05. The number of urea groups is 1. The maximum absolute atomic E-state index is 12.0. The number of halogens is 1. The molecule has 0 aromatic heterocycles. The van der Waals surface area contributed by atoms with Crippen molar-refractivity contribution in [1.82, 2.24) is 10.6 Å². The van der Waals surface area contributed by atoms with Gasteiger partial charge in [0.15, 0.2) is 9.84 Å². The van der Waals surface area contributed by atoms with Gasteiger partial charge in [-0.05, 0) is 36.5 Å². The lowest BCUT2D eigenvalue weighted by molar-refractivity contribution is 0.234. The molecular formula is C14H17ClN2O3S. The molecule has 2 atom stereocenters. The Morgan fingerprint density at radius 1 is 1.24 bits per heavy atom. The molecule has 2 amide bonds. The summed E-state index contributed by atoms with van der Waals surface area (Å²) in [5.41, 5.74) is 2.14. The molecule has 3 rings (SSSR count). The van der Waals surface area contributed by atoms with Gasteiger partial charge in [-0.25, -0.2) is 13.2 Å². The molecule has 1 aromatic carbocycles. The van der Waals surface area contributed by atoms with Crippen LogP contribution in [0.4, 0.5) is 4.79 Å². The van der Waals surface area contributed by atoms with Crippen molar-refractivity contribution in [2.24, 2.45) is 0 Å². The van der Waals surface area contributed by atoms with E-state index in [1.807, 2.05) is 18.2 Å². The molecule has 2 aliphatic rings. The summed E-state index contributed by atoms with van der Waals surface area (Å²) in [6.07, 6.45) is 2.15. The molecule has 1 aromatic rings. The van der Waals surface area contributed by atoms with Gasteiger partial charge in [-0.3, -0.25) is 0 Å². The number of carbonyl (C=O) groups excluding carboxylic acids is 1. The van der Waals surface area contributed by atoms with Crippen LogP contribution in [0.3, 0.4) is 0 Å². The van der Waals surface area contributed by atoms with Gasteiger partial charge in [0.2, 0.25) is 0 Å². The summed E-state index contributed by atoms with van der Waals surface area (Å²) in [5, 5.41) is 6.39. The minimum absolute atomic E-state index is 0.0352. The van der Waals surface area contributed by atoms with E-state index in [2.05, 4.69) is 10.6 Å². The van der Waals surface area contributed by atoms with E-state index in [0.29, 0.717) is 6.42 Å². The lowest BCUT2D eigenvalue weighted by Crippen LogP contribution is -2.43. The summed E-state index contributed by atoms with van der Waals surface area (Å²) >= 11 is 6.15. The SMILES string of the molecule is O=C(N[C@@H]1CCS(=O)(=O)C1)N[C@H]1CCc2c(Cl)cccc21. The van der Waals surface area contributed by atoms with Crippen molar-refractivity contribution in [3.63, 3.8) is 0 Å². The monoisotopic (exact) mass is 328 g/mol. The van der Waals surface area contributed by atoms with Crippen LogP contribution in [0.2, 0.25) is 5.02 Å². The summed E-state index contributed by atoms with van der Waals surface area (Å²) in [6.45, 7) is 0. The molecule has 0 bridgehead atoms. The summed E-state index contributed by atoms with van der Waals surface area (Å²) in [4.78, 5) is 12.0. The normalized spacial score (nSPS) is 26.3. The third kappa shape index (κ3) is 3.16. The Labute approximate surface area is 129 Å². The smallest absolute Gasteiger partial charge is 0.315 e. The first kappa shape index (κ1) is 14.7. The van der Waals surface area contributed by atoms with Crippen molar-refractivity contribution in [3.8, 4) is 0 Å². The van der Waals surface area contributed by atoms with Gasteiger partial charge in [0.05, 0.1) is 17.5 Å². The Balaban J connectivity index is 1.61. The van der Waals surface area contributed by atoms with Crippen molar-refractivity contribution in [2.45, 2.75) is 31.3 Å². The Hall–Kier alpha value is -1.27. The van der Waals surface area contributed by atoms with Crippen LogP contribution in [-0.4, -0.2) is 32.0 Å². The molecular weight excluding hydrogens is 312 g/mol. The molecule has 0 unspecified atom stereocenters. The van der Waals surface area contributed by atoms with Crippen LogP contribution in [0.5, 0.6) is 0 Å². The van der Waals surface area contributed by atoms with Crippen LogP contribution in [0.1, 0.15) is 30.0 Å². The zero-order chi connectivity index (χ0) is 15.0. The zero-order valence-corrected chi connectivity index (χ0v) is 13.0. The van der Waals surface area contributed by atoms with Gasteiger partial charge in [0, 0.05) is 11.1 Å². The number of hydrogen-bond acceptors (Lipinski definition) is 3. The number of nitrogens with one attached hydrogen (secondary N) is 2. The van der Waals surface area contributed by atoms with E-state index in [4.69, 9.17) is 11.6 Å². The number of hydrogen-bond donors (Lipinski definition) is 2. The van der Waals surface area contributed by atoms with Crippen LogP contribution < -0.4 is 10.6 Å². The summed E-state index contributed by atoms with van der Waals surface area (Å²) < 4.78 is 22.8. The van der Waals surface area contributed by atoms with Crippen molar-refractivity contribution >= 4 is 27.5 Å². The fourth-order valence-corrected chi connectivity index (χ4v) is 5.00. The van der Waals surface area contributed by atoms with Crippen LogP contribution in [-0.2, 0) is 16.3 Å². The van der Waals surface area contributed by atoms with Crippen LogP contribution in [0.25, 0.3) is 0 Å². The third-order valence-corrected chi connectivity index (χ3v) is 6.21. The fourth-order valence-electron chi connectivity index (χ4n) is 3.05. The number of amides is 2. The highest BCUT2D eigenvalue weighted by Crippen LogP contribution is 2.35. The van der Waals surface area contributed by atoms with Crippen molar-refractivity contribution in [2.75, 3.05) is 11.5 Å². The molecule has 21 heavy (non-hydrogen) atoms. The Morgan fingerprint density at radius 2 is 2.05 bits per heavy atom. The van der Waals surface area contributed by atoms with Gasteiger partial charge in [-0.15, -0.1) is 0 Å². The Bertz CT molecular complexity index is 675. The molecule has 0 saturated carbocycles. The second-order valence-electron chi connectivity index (χ2n) is 5.62. The molecule has 1 aliphatic carbocycles. The predicted octanol–water partition coefficient (Wildman–Crippen LogP) is 1.81. The van der Waals surface area contributed by atoms with Crippen LogP contribution >= 0.6 is 11.6 Å². The zero-order valence-electron chi connectivity index (χ0n) is 11.4. The fraction of sp³-hybridized carbons (Fsp3) is 0.500. The summed E-state index contributed by atoms with van der Waals surface area (Å²) in [5.74, 6) is 0.188. The van der Waals surface area contributed by atoms with Gasteiger partial charge in [-0.2, -0.15) is 0 Å². The number of fused-ring (bicyclic) bond motifs is 1. The average Bonchev–Trinajstić information content (AvgIpc) is 2.95. The van der Waals surface area contributed by atoms with E-state index in [1.165, 1.54) is 0 Å². The molecule has 1 fully saturated rings. The third-order valence-electron chi connectivity index (χ3n) is 4.09. The molecule has 1 heterocycles. The largest absolute Gasteiger partial charge is 0.334 e. The number of sulfone groups is 1. The minimum Gasteiger partial charge on any atom is -0.334 e. The van der Waals surface area contributed by atoms with Gasteiger partial charge in [0.1, 0.15) is 0 Å². The van der Waals surface area contributed by atoms with Gasteiger partial charge >= 0.3 is 6.03 Å². The maximum atomic E-state index is 12.0. The number of carbonyl (C=O) groups is 1. The lowest BCUT2D eigenvalue weighted by Gasteiger charge is -2.17. The standard InChI is InChI=1S/C14H17ClN2O3S/c15-12-3-1-2-11-10(12)4-5-13(11)17-14(18)16-9-6-7-21(19,20)8-9/h1-3,9,13H,4-8H2,(H2,16,17,18)/t9-,13+/m1/s1. The molecule has 2 N–H and O–H groups in total. The Kier molecular flexibility index (Phi) is 3.84. The van der Waals surface area contributed by atoms with Crippen molar-refractivity contribution in [1.29, 1.82) is 0 Å². The molecule has 0 spiro atoms. The number of benzene rings is 1. The highest BCUT2D eigenvalue weighted by Gasteiger charge is 2.30. The first-order valence-corrected chi connectivity index (χ1v) is 9.19. The van der Waals surface area contributed by atoms with E-state index in [9.17, 15) is 13.2 Å². The van der Waals surface area contributed by atoms with E-state index in [0.717, 1.165) is 29.0 Å². The van der Waals surface area contributed by atoms with Crippen molar-refractivity contribution in [3.05, 3.63) is 34.3 Å². The minimum atomic E-state index is -2.98. The van der Waals surface area contributed by atoms with Gasteiger partial charge in [0.25, 0.3) is 0 Å². The molecule has 0 radical (unpaired) electrons. The molecule has 1 saturated heterocycles. The van der Waals surface area contributed by atoms with Gasteiger partial charge in [-0.1, -0.05) is 23.7 Å². The highest BCUT2D eigenvalue weighted by molar-refractivity contribution is 7.91. The van der Waals surface area contributed by atoms with E-state index >= 15 is 0 Å². The summed E-state index contributed by atoms with van der Waals surface area (Å²) in [7, 11) is -2.98. The topological polar surface area (TPSA) is 75.3 Å². The molecule has 114 valence electrons. The van der Waals surface area contributed by atoms with Crippen LogP contribution in [0, 0.1) is 0 Å². The van der Waals surface area contributed by atoms with Crippen LogP contribution in [0.15, 0.2) is 18.2 Å². The first-order valence-electron chi connectivity index (χ1n) is 6.99.